The summed E-state index contributed by atoms with van der Waals surface area (Å²) in [6, 6.07) is 24.8. The van der Waals surface area contributed by atoms with Crippen LogP contribution in [0.5, 0.6) is 5.75 Å². The highest BCUT2D eigenvalue weighted by molar-refractivity contribution is 6.10. The van der Waals surface area contributed by atoms with Gasteiger partial charge in [0, 0.05) is 5.56 Å². The van der Waals surface area contributed by atoms with E-state index in [4.69, 9.17) is 4.74 Å². The fraction of sp³-hybridized carbons (Fsp3) is 0.0357. The SMILES string of the molecule is N#C/C(=C\c1ccccc1OC(=O)c1cccc2ccccc12)C(=O)Nc1ccccc1C(F)(F)F. The summed E-state index contributed by atoms with van der Waals surface area (Å²) in [6.45, 7) is 0. The van der Waals surface area contributed by atoms with Gasteiger partial charge in [0.1, 0.15) is 17.4 Å². The molecule has 1 amide bonds. The Bertz CT molecular complexity index is 1530. The lowest BCUT2D eigenvalue weighted by Crippen LogP contribution is -2.17. The lowest BCUT2D eigenvalue weighted by Gasteiger charge is -2.13. The molecule has 0 saturated heterocycles. The maximum absolute atomic E-state index is 13.3. The largest absolute Gasteiger partial charge is 0.422 e. The molecule has 0 bridgehead atoms. The van der Waals surface area contributed by atoms with Crippen LogP contribution >= 0.6 is 0 Å². The number of benzene rings is 4. The second kappa shape index (κ2) is 10.2. The summed E-state index contributed by atoms with van der Waals surface area (Å²) in [5, 5.41) is 13.2. The number of nitrogens with zero attached hydrogens (tertiary/aromatic N) is 1. The van der Waals surface area contributed by atoms with Crippen molar-refractivity contribution in [1.29, 1.82) is 5.26 Å². The molecule has 4 aromatic carbocycles. The van der Waals surface area contributed by atoms with Crippen molar-refractivity contribution < 1.29 is 27.5 Å². The van der Waals surface area contributed by atoms with E-state index < -0.39 is 34.9 Å². The van der Waals surface area contributed by atoms with Crippen molar-refractivity contribution in [3.63, 3.8) is 0 Å². The highest BCUT2D eigenvalue weighted by Crippen LogP contribution is 2.35. The highest BCUT2D eigenvalue weighted by Gasteiger charge is 2.33. The smallest absolute Gasteiger partial charge is 0.418 e. The Morgan fingerprint density at radius 3 is 2.31 bits per heavy atom. The molecular weight excluding hydrogens is 469 g/mol. The molecule has 4 rings (SSSR count). The number of nitriles is 1. The number of nitrogens with one attached hydrogen (secondary N) is 1. The number of ether oxygens (including phenoxy) is 1. The Morgan fingerprint density at radius 1 is 0.861 bits per heavy atom. The van der Waals surface area contributed by atoms with Crippen LogP contribution in [0.3, 0.4) is 0 Å². The predicted molar refractivity (Wildman–Crippen MR) is 129 cm³/mol. The molecule has 0 fully saturated rings. The number of amides is 1. The topological polar surface area (TPSA) is 79.2 Å². The highest BCUT2D eigenvalue weighted by atomic mass is 19.4. The van der Waals surface area contributed by atoms with Crippen LogP contribution in [0, 0.1) is 11.3 Å². The number of rotatable bonds is 5. The van der Waals surface area contributed by atoms with Crippen LogP contribution in [0.1, 0.15) is 21.5 Å². The lowest BCUT2D eigenvalue weighted by atomic mass is 10.0. The zero-order valence-electron chi connectivity index (χ0n) is 18.5. The summed E-state index contributed by atoms with van der Waals surface area (Å²) < 4.78 is 45.4. The zero-order valence-corrected chi connectivity index (χ0v) is 18.5. The van der Waals surface area contributed by atoms with Gasteiger partial charge in [0.25, 0.3) is 5.91 Å². The number of fused-ring (bicyclic) bond motifs is 1. The third-order valence-electron chi connectivity index (χ3n) is 5.28. The summed E-state index contributed by atoms with van der Waals surface area (Å²) in [7, 11) is 0. The van der Waals surface area contributed by atoms with E-state index in [1.807, 2.05) is 18.2 Å². The number of carbonyl (C=O) groups excluding carboxylic acids is 2. The first kappa shape index (κ1) is 24.2. The number of anilines is 1. The van der Waals surface area contributed by atoms with E-state index in [1.54, 1.807) is 42.5 Å². The van der Waals surface area contributed by atoms with Crippen LogP contribution in [-0.4, -0.2) is 11.9 Å². The number of para-hydroxylation sites is 2. The van der Waals surface area contributed by atoms with Gasteiger partial charge in [-0.15, -0.1) is 0 Å². The zero-order chi connectivity index (χ0) is 25.7. The number of halogens is 3. The van der Waals surface area contributed by atoms with Crippen LogP contribution in [0.2, 0.25) is 0 Å². The summed E-state index contributed by atoms with van der Waals surface area (Å²) in [4.78, 5) is 25.6. The minimum atomic E-state index is -4.69. The van der Waals surface area contributed by atoms with E-state index >= 15 is 0 Å². The first-order valence-corrected chi connectivity index (χ1v) is 10.7. The summed E-state index contributed by atoms with van der Waals surface area (Å²) >= 11 is 0. The van der Waals surface area contributed by atoms with E-state index in [-0.39, 0.29) is 11.3 Å². The Kier molecular flexibility index (Phi) is 6.84. The Hall–Kier alpha value is -4.90. The van der Waals surface area contributed by atoms with Crippen LogP contribution in [0.4, 0.5) is 18.9 Å². The molecule has 0 aromatic heterocycles. The Balaban J connectivity index is 1.62. The number of hydrogen-bond acceptors (Lipinski definition) is 4. The predicted octanol–water partition coefficient (Wildman–Crippen LogP) is 6.62. The molecule has 0 atom stereocenters. The Labute approximate surface area is 204 Å². The van der Waals surface area contributed by atoms with Crippen LogP contribution in [-0.2, 0) is 11.0 Å². The number of alkyl halides is 3. The van der Waals surface area contributed by atoms with Gasteiger partial charge in [-0.2, -0.15) is 18.4 Å². The van der Waals surface area contributed by atoms with Crippen LogP contribution in [0.25, 0.3) is 16.8 Å². The van der Waals surface area contributed by atoms with Gasteiger partial charge in [0.2, 0.25) is 0 Å². The quantitative estimate of drug-likeness (QED) is 0.149. The van der Waals surface area contributed by atoms with Crippen molar-refractivity contribution in [3.8, 4) is 11.8 Å². The molecule has 0 heterocycles. The van der Waals surface area contributed by atoms with Crippen molar-refractivity contribution in [2.45, 2.75) is 6.18 Å². The van der Waals surface area contributed by atoms with E-state index in [0.29, 0.717) is 10.9 Å². The van der Waals surface area contributed by atoms with E-state index in [1.165, 1.54) is 24.3 Å². The molecule has 0 aliphatic heterocycles. The first-order valence-electron chi connectivity index (χ1n) is 10.7. The van der Waals surface area contributed by atoms with Crippen molar-refractivity contribution in [3.05, 3.63) is 113 Å². The molecule has 0 spiro atoms. The molecular formula is C28H17F3N2O3. The van der Waals surface area contributed by atoms with Gasteiger partial charge < -0.3 is 10.1 Å². The molecule has 36 heavy (non-hydrogen) atoms. The first-order chi connectivity index (χ1) is 17.3. The summed E-state index contributed by atoms with van der Waals surface area (Å²) in [5.74, 6) is -1.61. The van der Waals surface area contributed by atoms with Crippen molar-refractivity contribution >= 4 is 34.4 Å². The van der Waals surface area contributed by atoms with Crippen LogP contribution in [0.15, 0.2) is 96.6 Å². The molecule has 1 N–H and O–H groups in total. The Morgan fingerprint density at radius 2 is 1.53 bits per heavy atom. The number of carbonyl (C=O) groups is 2. The molecule has 5 nitrogen and oxygen atoms in total. The van der Waals surface area contributed by atoms with Crippen molar-refractivity contribution in [2.24, 2.45) is 0 Å². The number of esters is 1. The standard InChI is InChI=1S/C28H17F3N2O3/c29-28(30,31)23-13-4-5-14-24(23)33-26(34)20(17-32)16-19-9-2-6-15-25(19)36-27(35)22-12-7-10-18-8-1-3-11-21(18)22/h1-16H,(H,33,34)/b20-16+. The lowest BCUT2D eigenvalue weighted by molar-refractivity contribution is -0.137. The van der Waals surface area contributed by atoms with E-state index in [0.717, 1.165) is 23.6 Å². The van der Waals surface area contributed by atoms with Gasteiger partial charge >= 0.3 is 12.1 Å². The van der Waals surface area contributed by atoms with Gasteiger partial charge in [-0.05, 0) is 41.1 Å². The van der Waals surface area contributed by atoms with Crippen molar-refractivity contribution in [2.75, 3.05) is 5.32 Å². The molecule has 4 aromatic rings. The van der Waals surface area contributed by atoms with Gasteiger partial charge in [-0.3, -0.25) is 4.79 Å². The van der Waals surface area contributed by atoms with E-state index in [9.17, 15) is 28.0 Å². The average Bonchev–Trinajstić information content (AvgIpc) is 2.87. The summed E-state index contributed by atoms with van der Waals surface area (Å²) in [5.41, 5.74) is -1.44. The maximum atomic E-state index is 13.3. The third-order valence-corrected chi connectivity index (χ3v) is 5.28. The van der Waals surface area contributed by atoms with Gasteiger partial charge in [-0.1, -0.05) is 66.7 Å². The molecule has 0 saturated carbocycles. The monoisotopic (exact) mass is 486 g/mol. The van der Waals surface area contributed by atoms with E-state index in [2.05, 4.69) is 5.32 Å². The molecule has 0 aliphatic carbocycles. The van der Waals surface area contributed by atoms with Crippen LogP contribution < -0.4 is 10.1 Å². The molecule has 0 aliphatic rings. The average molecular weight is 486 g/mol. The third kappa shape index (κ3) is 5.26. The van der Waals surface area contributed by atoms with Gasteiger partial charge in [0.15, 0.2) is 0 Å². The maximum Gasteiger partial charge on any atom is 0.418 e. The summed E-state index contributed by atoms with van der Waals surface area (Å²) in [6.07, 6.45) is -3.54. The number of hydrogen-bond donors (Lipinski definition) is 1. The fourth-order valence-corrected chi connectivity index (χ4v) is 3.58. The molecule has 0 unspecified atom stereocenters. The second-order valence-corrected chi connectivity index (χ2v) is 7.62. The van der Waals surface area contributed by atoms with Gasteiger partial charge in [-0.25, -0.2) is 4.79 Å². The molecule has 8 heteroatoms. The molecule has 178 valence electrons. The minimum absolute atomic E-state index is 0.0756. The minimum Gasteiger partial charge on any atom is -0.422 e. The van der Waals surface area contributed by atoms with Gasteiger partial charge in [0.05, 0.1) is 16.8 Å². The normalized spacial score (nSPS) is 11.6. The molecule has 0 radical (unpaired) electrons. The fourth-order valence-electron chi connectivity index (χ4n) is 3.58. The van der Waals surface area contributed by atoms with Crippen molar-refractivity contribution in [1.82, 2.24) is 0 Å². The second-order valence-electron chi connectivity index (χ2n) is 7.62.